The standard InChI is InChI=1S/C9H12N2O2/c1-3-4-5-10-9(12)8-7(2)11-6-13-8/h3,6H,1,4-5H2,2H3,(H,10,12). The Kier molecular flexibility index (Phi) is 3.25. The lowest BCUT2D eigenvalue weighted by molar-refractivity contribution is 0.0926. The second-order valence-corrected chi connectivity index (χ2v) is 2.60. The molecule has 0 fully saturated rings. The molecular formula is C9H12N2O2. The van der Waals surface area contributed by atoms with Crippen molar-refractivity contribution in [1.29, 1.82) is 0 Å². The number of amides is 1. The number of aryl methyl sites for hydroxylation is 1. The first-order valence-electron chi connectivity index (χ1n) is 4.05. The van der Waals surface area contributed by atoms with Crippen LogP contribution in [0.5, 0.6) is 0 Å². The van der Waals surface area contributed by atoms with Crippen LogP contribution in [-0.4, -0.2) is 17.4 Å². The van der Waals surface area contributed by atoms with Crippen molar-refractivity contribution in [3.8, 4) is 0 Å². The average Bonchev–Trinajstić information content (AvgIpc) is 2.52. The molecule has 0 saturated carbocycles. The molecule has 1 aromatic heterocycles. The largest absolute Gasteiger partial charge is 0.438 e. The van der Waals surface area contributed by atoms with Gasteiger partial charge in [-0.3, -0.25) is 4.79 Å². The molecule has 0 bridgehead atoms. The number of hydrogen-bond acceptors (Lipinski definition) is 3. The monoisotopic (exact) mass is 180 g/mol. The Morgan fingerprint density at radius 3 is 3.15 bits per heavy atom. The minimum absolute atomic E-state index is 0.225. The smallest absolute Gasteiger partial charge is 0.289 e. The van der Waals surface area contributed by atoms with Crippen molar-refractivity contribution in [3.05, 3.63) is 30.5 Å². The van der Waals surface area contributed by atoms with Gasteiger partial charge < -0.3 is 9.73 Å². The summed E-state index contributed by atoms with van der Waals surface area (Å²) >= 11 is 0. The van der Waals surface area contributed by atoms with Gasteiger partial charge in [0.1, 0.15) is 0 Å². The number of oxazole rings is 1. The predicted octanol–water partition coefficient (Wildman–Crippen LogP) is 1.29. The second-order valence-electron chi connectivity index (χ2n) is 2.60. The quantitative estimate of drug-likeness (QED) is 0.561. The molecule has 1 amide bonds. The van der Waals surface area contributed by atoms with Crippen molar-refractivity contribution >= 4 is 5.91 Å². The lowest BCUT2D eigenvalue weighted by Gasteiger charge is -1.99. The van der Waals surface area contributed by atoms with Gasteiger partial charge in [0.2, 0.25) is 5.76 Å². The molecule has 0 unspecified atom stereocenters. The summed E-state index contributed by atoms with van der Waals surface area (Å²) in [6, 6.07) is 0. The molecule has 4 heteroatoms. The van der Waals surface area contributed by atoms with E-state index in [2.05, 4.69) is 16.9 Å². The van der Waals surface area contributed by atoms with Crippen LogP contribution in [0.2, 0.25) is 0 Å². The maximum absolute atomic E-state index is 11.3. The summed E-state index contributed by atoms with van der Waals surface area (Å²) in [5.74, 6) is 0.0564. The molecule has 70 valence electrons. The van der Waals surface area contributed by atoms with Gasteiger partial charge in [-0.25, -0.2) is 4.98 Å². The number of hydrogen-bond donors (Lipinski definition) is 1. The maximum atomic E-state index is 11.3. The second kappa shape index (κ2) is 4.45. The summed E-state index contributed by atoms with van der Waals surface area (Å²) in [6.45, 7) is 5.85. The average molecular weight is 180 g/mol. The zero-order valence-corrected chi connectivity index (χ0v) is 7.54. The van der Waals surface area contributed by atoms with Gasteiger partial charge in [0.05, 0.1) is 5.69 Å². The van der Waals surface area contributed by atoms with Crippen LogP contribution in [-0.2, 0) is 0 Å². The first-order valence-corrected chi connectivity index (χ1v) is 4.05. The van der Waals surface area contributed by atoms with Crippen molar-refractivity contribution in [2.45, 2.75) is 13.3 Å². The highest BCUT2D eigenvalue weighted by atomic mass is 16.3. The molecule has 1 heterocycles. The SMILES string of the molecule is C=CCCNC(=O)c1ocnc1C. The van der Waals surface area contributed by atoms with Crippen molar-refractivity contribution in [3.63, 3.8) is 0 Å². The first-order chi connectivity index (χ1) is 6.25. The van der Waals surface area contributed by atoms with Gasteiger partial charge in [0, 0.05) is 6.54 Å². The van der Waals surface area contributed by atoms with Crippen molar-refractivity contribution in [2.24, 2.45) is 0 Å². The first kappa shape index (κ1) is 9.51. The third kappa shape index (κ3) is 2.43. The molecule has 0 aliphatic rings. The van der Waals surface area contributed by atoms with Crippen LogP contribution in [0.1, 0.15) is 22.7 Å². The molecule has 0 radical (unpaired) electrons. The molecule has 0 atom stereocenters. The van der Waals surface area contributed by atoms with E-state index in [1.165, 1.54) is 6.39 Å². The number of rotatable bonds is 4. The van der Waals surface area contributed by atoms with E-state index in [1.54, 1.807) is 13.0 Å². The summed E-state index contributed by atoms with van der Waals surface area (Å²) < 4.78 is 4.91. The molecule has 4 nitrogen and oxygen atoms in total. The minimum atomic E-state index is -0.225. The molecule has 0 aromatic carbocycles. The van der Waals surface area contributed by atoms with Gasteiger partial charge in [0.25, 0.3) is 5.91 Å². The van der Waals surface area contributed by atoms with Crippen LogP contribution in [0, 0.1) is 6.92 Å². The van der Waals surface area contributed by atoms with Crippen LogP contribution in [0.4, 0.5) is 0 Å². The fourth-order valence-corrected chi connectivity index (χ4v) is 0.888. The van der Waals surface area contributed by atoms with E-state index in [1.807, 2.05) is 0 Å². The molecule has 1 rings (SSSR count). The number of nitrogens with one attached hydrogen (secondary N) is 1. The zero-order valence-electron chi connectivity index (χ0n) is 7.54. The van der Waals surface area contributed by atoms with Gasteiger partial charge in [-0.15, -0.1) is 6.58 Å². The molecule has 0 aliphatic carbocycles. The predicted molar refractivity (Wildman–Crippen MR) is 48.4 cm³/mol. The molecule has 13 heavy (non-hydrogen) atoms. The normalized spacial score (nSPS) is 9.62. The highest BCUT2D eigenvalue weighted by molar-refractivity contribution is 5.92. The Morgan fingerprint density at radius 2 is 2.62 bits per heavy atom. The van der Waals surface area contributed by atoms with E-state index in [-0.39, 0.29) is 11.7 Å². The number of nitrogens with zero attached hydrogens (tertiary/aromatic N) is 1. The summed E-state index contributed by atoms with van der Waals surface area (Å²) in [5, 5.41) is 2.68. The van der Waals surface area contributed by atoms with Crippen LogP contribution in [0.15, 0.2) is 23.5 Å². The topological polar surface area (TPSA) is 55.1 Å². The Balaban J connectivity index is 2.49. The van der Waals surface area contributed by atoms with Crippen LogP contribution in [0.3, 0.4) is 0 Å². The molecular weight excluding hydrogens is 168 g/mol. The van der Waals surface area contributed by atoms with Crippen LogP contribution in [0.25, 0.3) is 0 Å². The van der Waals surface area contributed by atoms with Crippen LogP contribution >= 0.6 is 0 Å². The van der Waals surface area contributed by atoms with E-state index in [0.717, 1.165) is 6.42 Å². The third-order valence-corrected chi connectivity index (χ3v) is 1.59. The summed E-state index contributed by atoms with van der Waals surface area (Å²) in [5.41, 5.74) is 0.608. The van der Waals surface area contributed by atoms with E-state index in [0.29, 0.717) is 12.2 Å². The van der Waals surface area contributed by atoms with Crippen molar-refractivity contribution in [2.75, 3.05) is 6.54 Å². The Morgan fingerprint density at radius 1 is 1.85 bits per heavy atom. The highest BCUT2D eigenvalue weighted by Gasteiger charge is 2.12. The van der Waals surface area contributed by atoms with E-state index in [9.17, 15) is 4.79 Å². The molecule has 0 saturated heterocycles. The fraction of sp³-hybridized carbons (Fsp3) is 0.333. The molecule has 0 aliphatic heterocycles. The lowest BCUT2D eigenvalue weighted by Crippen LogP contribution is -2.24. The lowest BCUT2D eigenvalue weighted by atomic mass is 10.3. The summed E-state index contributed by atoms with van der Waals surface area (Å²) in [7, 11) is 0. The number of carbonyl (C=O) groups excluding carboxylic acids is 1. The van der Waals surface area contributed by atoms with Gasteiger partial charge in [-0.05, 0) is 13.3 Å². The highest BCUT2D eigenvalue weighted by Crippen LogP contribution is 2.03. The van der Waals surface area contributed by atoms with Gasteiger partial charge in [-0.1, -0.05) is 6.08 Å². The van der Waals surface area contributed by atoms with Gasteiger partial charge >= 0.3 is 0 Å². The Labute approximate surface area is 76.7 Å². The number of aromatic nitrogens is 1. The van der Waals surface area contributed by atoms with E-state index >= 15 is 0 Å². The molecule has 0 spiro atoms. The zero-order chi connectivity index (χ0) is 9.68. The van der Waals surface area contributed by atoms with Gasteiger partial charge in [0.15, 0.2) is 6.39 Å². The van der Waals surface area contributed by atoms with Crippen molar-refractivity contribution in [1.82, 2.24) is 10.3 Å². The minimum Gasteiger partial charge on any atom is -0.438 e. The van der Waals surface area contributed by atoms with E-state index in [4.69, 9.17) is 4.42 Å². The number of carbonyl (C=O) groups is 1. The van der Waals surface area contributed by atoms with Gasteiger partial charge in [-0.2, -0.15) is 0 Å². The fourth-order valence-electron chi connectivity index (χ4n) is 0.888. The Hall–Kier alpha value is -1.58. The Bertz CT molecular complexity index is 304. The third-order valence-electron chi connectivity index (χ3n) is 1.59. The van der Waals surface area contributed by atoms with Crippen LogP contribution < -0.4 is 5.32 Å². The van der Waals surface area contributed by atoms with Crippen molar-refractivity contribution < 1.29 is 9.21 Å². The molecule has 1 N–H and O–H groups in total. The molecule has 1 aromatic rings. The summed E-state index contributed by atoms with van der Waals surface area (Å²) in [6.07, 6.45) is 3.75. The summed E-state index contributed by atoms with van der Waals surface area (Å²) in [4.78, 5) is 15.1. The maximum Gasteiger partial charge on any atom is 0.289 e. The van der Waals surface area contributed by atoms with E-state index < -0.39 is 0 Å².